The minimum absolute atomic E-state index is 0.0734. The summed E-state index contributed by atoms with van der Waals surface area (Å²) in [4.78, 5) is 10.5. The maximum atomic E-state index is 10.5. The number of benzene rings is 1. The van der Waals surface area contributed by atoms with E-state index >= 15 is 0 Å². The van der Waals surface area contributed by atoms with Crippen LogP contribution in [0.3, 0.4) is 0 Å². The molecule has 0 saturated carbocycles. The molecule has 3 nitrogen and oxygen atoms in total. The van der Waals surface area contributed by atoms with Crippen molar-refractivity contribution < 1.29 is 9.90 Å². The predicted molar refractivity (Wildman–Crippen MR) is 70.8 cm³/mol. The third kappa shape index (κ3) is 4.27. The molecule has 0 radical (unpaired) electrons. The van der Waals surface area contributed by atoms with Gasteiger partial charge in [-0.3, -0.25) is 4.79 Å². The van der Waals surface area contributed by atoms with E-state index in [0.29, 0.717) is 11.6 Å². The van der Waals surface area contributed by atoms with Crippen molar-refractivity contribution in [3.8, 4) is 0 Å². The van der Waals surface area contributed by atoms with Gasteiger partial charge < -0.3 is 10.4 Å². The van der Waals surface area contributed by atoms with Gasteiger partial charge in [0.25, 0.3) is 0 Å². The van der Waals surface area contributed by atoms with E-state index in [-0.39, 0.29) is 12.3 Å². The summed E-state index contributed by atoms with van der Waals surface area (Å²) in [7, 11) is 0. The molecule has 0 saturated heterocycles. The second-order valence-corrected chi connectivity index (χ2v) is 4.93. The summed E-state index contributed by atoms with van der Waals surface area (Å²) in [6.07, 6.45) is 0.162. The lowest BCUT2D eigenvalue weighted by atomic mass is 10.1. The fourth-order valence-corrected chi connectivity index (χ4v) is 2.17. The summed E-state index contributed by atoms with van der Waals surface area (Å²) < 4.78 is 0. The van der Waals surface area contributed by atoms with Crippen LogP contribution in [0.15, 0.2) is 12.1 Å². The van der Waals surface area contributed by atoms with Crippen LogP contribution in [-0.2, 0) is 4.79 Å². The highest BCUT2D eigenvalue weighted by molar-refractivity contribution is 6.33. The van der Waals surface area contributed by atoms with Crippen LogP contribution in [0.25, 0.3) is 0 Å². The average Bonchev–Trinajstić information content (AvgIpc) is 2.14. The molecule has 0 spiro atoms. The van der Waals surface area contributed by atoms with Crippen LogP contribution in [0.4, 0.5) is 5.69 Å². The van der Waals surface area contributed by atoms with E-state index in [1.165, 1.54) is 0 Å². The van der Waals surface area contributed by atoms with Crippen LogP contribution < -0.4 is 5.32 Å². The molecule has 2 N–H and O–H groups in total. The molecule has 17 heavy (non-hydrogen) atoms. The second kappa shape index (κ2) is 5.92. The predicted octanol–water partition coefficient (Wildman–Crippen LogP) is 3.48. The summed E-state index contributed by atoms with van der Waals surface area (Å²) in [5.41, 5.74) is 3.10. The van der Waals surface area contributed by atoms with Crippen LogP contribution in [0, 0.1) is 19.8 Å². The number of hydrogen-bond donors (Lipinski definition) is 2. The molecule has 1 aromatic carbocycles. The Kier molecular flexibility index (Phi) is 4.82. The van der Waals surface area contributed by atoms with Gasteiger partial charge in [-0.1, -0.05) is 24.6 Å². The highest BCUT2D eigenvalue weighted by Gasteiger charge is 2.10. The lowest BCUT2D eigenvalue weighted by Crippen LogP contribution is -2.15. The van der Waals surface area contributed by atoms with Gasteiger partial charge in [0.15, 0.2) is 0 Å². The lowest BCUT2D eigenvalue weighted by Gasteiger charge is -2.15. The molecule has 0 aliphatic rings. The topological polar surface area (TPSA) is 49.3 Å². The van der Waals surface area contributed by atoms with E-state index in [1.807, 2.05) is 26.8 Å². The SMILES string of the molecule is Cc1cc(C)c(NCC(C)CC(=O)O)c(Cl)c1. The first kappa shape index (κ1) is 13.8. The molecule has 0 aromatic heterocycles. The number of rotatable bonds is 5. The molecular weight excluding hydrogens is 238 g/mol. The zero-order valence-corrected chi connectivity index (χ0v) is 11.1. The van der Waals surface area contributed by atoms with Crippen LogP contribution in [0.2, 0.25) is 5.02 Å². The highest BCUT2D eigenvalue weighted by atomic mass is 35.5. The molecule has 0 aliphatic carbocycles. The minimum atomic E-state index is -0.772. The van der Waals surface area contributed by atoms with Gasteiger partial charge in [0, 0.05) is 13.0 Å². The summed E-state index contributed by atoms with van der Waals surface area (Å²) in [6.45, 7) is 6.49. The number of halogens is 1. The number of carboxylic acid groups (broad SMARTS) is 1. The number of carbonyl (C=O) groups is 1. The van der Waals surface area contributed by atoms with Crippen LogP contribution in [0.5, 0.6) is 0 Å². The fraction of sp³-hybridized carbons (Fsp3) is 0.462. The third-order valence-electron chi connectivity index (χ3n) is 2.58. The van der Waals surface area contributed by atoms with E-state index < -0.39 is 5.97 Å². The Labute approximate surface area is 107 Å². The number of aryl methyl sites for hydroxylation is 2. The second-order valence-electron chi connectivity index (χ2n) is 4.52. The summed E-state index contributed by atoms with van der Waals surface area (Å²) in [6, 6.07) is 3.95. The van der Waals surface area contributed by atoms with E-state index in [1.54, 1.807) is 0 Å². The van der Waals surface area contributed by atoms with Crippen molar-refractivity contribution in [3.63, 3.8) is 0 Å². The third-order valence-corrected chi connectivity index (χ3v) is 2.88. The molecule has 0 amide bonds. The van der Waals surface area contributed by atoms with Gasteiger partial charge in [-0.25, -0.2) is 0 Å². The zero-order valence-electron chi connectivity index (χ0n) is 10.4. The monoisotopic (exact) mass is 255 g/mol. The van der Waals surface area contributed by atoms with Gasteiger partial charge in [0.2, 0.25) is 0 Å². The van der Waals surface area contributed by atoms with Crippen molar-refractivity contribution >= 4 is 23.3 Å². The van der Waals surface area contributed by atoms with Crippen molar-refractivity contribution in [2.45, 2.75) is 27.2 Å². The molecule has 1 rings (SSSR count). The quantitative estimate of drug-likeness (QED) is 0.847. The molecule has 0 bridgehead atoms. The molecule has 1 atom stereocenters. The Hall–Kier alpha value is -1.22. The maximum Gasteiger partial charge on any atom is 0.303 e. The highest BCUT2D eigenvalue weighted by Crippen LogP contribution is 2.27. The first-order valence-corrected chi connectivity index (χ1v) is 6.00. The Morgan fingerprint density at radius 1 is 1.47 bits per heavy atom. The van der Waals surface area contributed by atoms with Gasteiger partial charge in [-0.05, 0) is 37.0 Å². The van der Waals surface area contributed by atoms with Crippen LogP contribution in [0.1, 0.15) is 24.5 Å². The van der Waals surface area contributed by atoms with E-state index in [0.717, 1.165) is 16.8 Å². The van der Waals surface area contributed by atoms with E-state index in [2.05, 4.69) is 11.4 Å². The number of carboxylic acids is 1. The van der Waals surface area contributed by atoms with Gasteiger partial charge in [-0.2, -0.15) is 0 Å². The minimum Gasteiger partial charge on any atom is -0.481 e. The molecule has 0 fully saturated rings. The smallest absolute Gasteiger partial charge is 0.303 e. The van der Waals surface area contributed by atoms with Crippen molar-refractivity contribution in [2.75, 3.05) is 11.9 Å². The summed E-state index contributed by atoms with van der Waals surface area (Å²) in [5.74, 6) is -0.699. The van der Waals surface area contributed by atoms with Gasteiger partial charge >= 0.3 is 5.97 Å². The number of hydrogen-bond acceptors (Lipinski definition) is 2. The number of anilines is 1. The van der Waals surface area contributed by atoms with E-state index in [4.69, 9.17) is 16.7 Å². The Balaban J connectivity index is 2.66. The van der Waals surface area contributed by atoms with Crippen molar-refractivity contribution in [3.05, 3.63) is 28.3 Å². The molecule has 0 heterocycles. The lowest BCUT2D eigenvalue weighted by molar-refractivity contribution is -0.137. The van der Waals surface area contributed by atoms with Crippen LogP contribution >= 0.6 is 11.6 Å². The maximum absolute atomic E-state index is 10.5. The van der Waals surface area contributed by atoms with Crippen molar-refractivity contribution in [1.29, 1.82) is 0 Å². The molecule has 1 unspecified atom stereocenters. The van der Waals surface area contributed by atoms with Crippen LogP contribution in [-0.4, -0.2) is 17.6 Å². The number of aliphatic carboxylic acids is 1. The first-order chi connectivity index (χ1) is 7.90. The number of nitrogens with one attached hydrogen (secondary N) is 1. The Morgan fingerprint density at radius 2 is 2.12 bits per heavy atom. The first-order valence-electron chi connectivity index (χ1n) is 5.62. The largest absolute Gasteiger partial charge is 0.481 e. The average molecular weight is 256 g/mol. The van der Waals surface area contributed by atoms with Crippen molar-refractivity contribution in [2.24, 2.45) is 5.92 Å². The van der Waals surface area contributed by atoms with Gasteiger partial charge in [-0.15, -0.1) is 0 Å². The Bertz CT molecular complexity index is 395. The molecule has 4 heteroatoms. The molecule has 0 aliphatic heterocycles. The Morgan fingerprint density at radius 3 is 2.65 bits per heavy atom. The summed E-state index contributed by atoms with van der Waals surface area (Å²) >= 11 is 6.15. The van der Waals surface area contributed by atoms with Gasteiger partial charge in [0.05, 0.1) is 10.7 Å². The van der Waals surface area contributed by atoms with Crippen molar-refractivity contribution in [1.82, 2.24) is 0 Å². The molecule has 1 aromatic rings. The molecule has 94 valence electrons. The van der Waals surface area contributed by atoms with E-state index in [9.17, 15) is 4.79 Å². The molecular formula is C13H18ClNO2. The standard InChI is InChI=1S/C13H18ClNO2/c1-8-4-10(3)13(11(14)5-8)15-7-9(2)6-12(16)17/h4-5,9,15H,6-7H2,1-3H3,(H,16,17). The summed E-state index contributed by atoms with van der Waals surface area (Å²) in [5, 5.41) is 12.6. The zero-order chi connectivity index (χ0) is 13.0. The fourth-order valence-electron chi connectivity index (χ4n) is 1.79. The normalized spacial score (nSPS) is 12.2. The van der Waals surface area contributed by atoms with Gasteiger partial charge in [0.1, 0.15) is 0 Å².